The van der Waals surface area contributed by atoms with E-state index in [-0.39, 0.29) is 5.84 Å². The summed E-state index contributed by atoms with van der Waals surface area (Å²) in [7, 11) is 0. The van der Waals surface area contributed by atoms with Gasteiger partial charge in [-0.05, 0) is 42.8 Å². The van der Waals surface area contributed by atoms with Gasteiger partial charge >= 0.3 is 0 Å². The van der Waals surface area contributed by atoms with E-state index in [1.807, 2.05) is 25.1 Å². The average molecular weight is 356 g/mol. The summed E-state index contributed by atoms with van der Waals surface area (Å²) in [6.07, 6.45) is 0. The number of benzene rings is 2. The predicted octanol–water partition coefficient (Wildman–Crippen LogP) is 4.30. The van der Waals surface area contributed by atoms with Crippen LogP contribution in [0, 0.1) is 6.92 Å². The minimum Gasteiger partial charge on any atom is -0.456 e. The zero-order valence-corrected chi connectivity index (χ0v) is 12.9. The number of rotatable bonds is 3. The summed E-state index contributed by atoms with van der Waals surface area (Å²) >= 11 is 9.36. The standard InChI is InChI=1S/C14H12BrClN2O2/c1-8-6-9(15)2-5-12(8)20-13-7-10(16)3-4-11(13)14(17)18-19/h2-7,19H,1H3,(H2,17,18). The van der Waals surface area contributed by atoms with Gasteiger partial charge in [-0.25, -0.2) is 0 Å². The molecule has 0 atom stereocenters. The van der Waals surface area contributed by atoms with Crippen molar-refractivity contribution in [3.63, 3.8) is 0 Å². The van der Waals surface area contributed by atoms with Crippen molar-refractivity contribution in [3.05, 3.63) is 57.0 Å². The highest BCUT2D eigenvalue weighted by Crippen LogP contribution is 2.31. The number of aryl methyl sites for hydroxylation is 1. The molecule has 2 aromatic rings. The molecule has 0 amide bonds. The molecule has 0 heterocycles. The van der Waals surface area contributed by atoms with Crippen molar-refractivity contribution in [1.29, 1.82) is 0 Å². The summed E-state index contributed by atoms with van der Waals surface area (Å²) in [6.45, 7) is 1.92. The van der Waals surface area contributed by atoms with Crippen molar-refractivity contribution in [2.45, 2.75) is 6.92 Å². The maximum Gasteiger partial charge on any atom is 0.173 e. The number of hydrogen-bond donors (Lipinski definition) is 2. The van der Waals surface area contributed by atoms with E-state index in [4.69, 9.17) is 27.3 Å². The molecule has 0 aliphatic carbocycles. The molecule has 104 valence electrons. The molecule has 0 fully saturated rings. The van der Waals surface area contributed by atoms with Crippen LogP contribution in [0.1, 0.15) is 11.1 Å². The van der Waals surface area contributed by atoms with E-state index < -0.39 is 0 Å². The Labute approximate surface area is 129 Å². The minimum absolute atomic E-state index is 0.0357. The first-order valence-corrected chi connectivity index (χ1v) is 6.90. The van der Waals surface area contributed by atoms with Crippen molar-refractivity contribution in [1.82, 2.24) is 0 Å². The molecular formula is C14H12BrClN2O2. The number of amidine groups is 1. The topological polar surface area (TPSA) is 67.8 Å². The largest absolute Gasteiger partial charge is 0.456 e. The lowest BCUT2D eigenvalue weighted by atomic mass is 10.1. The highest BCUT2D eigenvalue weighted by molar-refractivity contribution is 9.10. The first kappa shape index (κ1) is 14.7. The van der Waals surface area contributed by atoms with Crippen molar-refractivity contribution >= 4 is 33.4 Å². The molecule has 0 spiro atoms. The van der Waals surface area contributed by atoms with Gasteiger partial charge in [-0.1, -0.05) is 32.7 Å². The van der Waals surface area contributed by atoms with Gasteiger partial charge in [0.15, 0.2) is 5.84 Å². The molecule has 2 aromatic carbocycles. The van der Waals surface area contributed by atoms with E-state index in [0.717, 1.165) is 10.0 Å². The average Bonchev–Trinajstić information content (AvgIpc) is 2.41. The summed E-state index contributed by atoms with van der Waals surface area (Å²) in [6, 6.07) is 10.5. The Balaban J connectivity index is 2.44. The molecule has 3 N–H and O–H groups in total. The molecule has 4 nitrogen and oxygen atoms in total. The summed E-state index contributed by atoms with van der Waals surface area (Å²) in [5.41, 5.74) is 7.05. The number of nitrogens with zero attached hydrogens (tertiary/aromatic N) is 1. The SMILES string of the molecule is Cc1cc(Br)ccc1Oc1cc(Cl)ccc1C(N)=NO. The highest BCUT2D eigenvalue weighted by atomic mass is 79.9. The summed E-state index contributed by atoms with van der Waals surface area (Å²) in [5, 5.41) is 12.3. The Morgan fingerprint density at radius 2 is 2.00 bits per heavy atom. The molecule has 0 saturated carbocycles. The second-order valence-corrected chi connectivity index (χ2v) is 5.49. The van der Waals surface area contributed by atoms with Gasteiger partial charge in [0, 0.05) is 15.6 Å². The van der Waals surface area contributed by atoms with E-state index in [9.17, 15) is 0 Å². The number of oxime groups is 1. The second kappa shape index (κ2) is 6.15. The monoisotopic (exact) mass is 354 g/mol. The predicted molar refractivity (Wildman–Crippen MR) is 82.9 cm³/mol. The van der Waals surface area contributed by atoms with Gasteiger partial charge in [-0.15, -0.1) is 0 Å². The second-order valence-electron chi connectivity index (χ2n) is 4.14. The Hall–Kier alpha value is -1.72. The van der Waals surface area contributed by atoms with Crippen LogP contribution in [0.2, 0.25) is 5.02 Å². The van der Waals surface area contributed by atoms with E-state index in [2.05, 4.69) is 21.1 Å². The lowest BCUT2D eigenvalue weighted by molar-refractivity contribution is 0.318. The fourth-order valence-corrected chi connectivity index (χ4v) is 2.33. The number of halogens is 2. The van der Waals surface area contributed by atoms with E-state index in [0.29, 0.717) is 22.1 Å². The summed E-state index contributed by atoms with van der Waals surface area (Å²) in [5.74, 6) is 1.06. The van der Waals surface area contributed by atoms with Crippen LogP contribution in [-0.4, -0.2) is 11.0 Å². The molecular weight excluding hydrogens is 344 g/mol. The maximum absolute atomic E-state index is 8.81. The van der Waals surface area contributed by atoms with Gasteiger partial charge in [0.05, 0.1) is 5.56 Å². The van der Waals surface area contributed by atoms with Gasteiger partial charge < -0.3 is 15.7 Å². The van der Waals surface area contributed by atoms with Gasteiger partial charge in [0.2, 0.25) is 0 Å². The number of nitrogens with two attached hydrogens (primary N) is 1. The van der Waals surface area contributed by atoms with Crippen LogP contribution in [0.25, 0.3) is 0 Å². The van der Waals surface area contributed by atoms with Crippen LogP contribution in [0.5, 0.6) is 11.5 Å². The first-order valence-electron chi connectivity index (χ1n) is 5.72. The fraction of sp³-hybridized carbons (Fsp3) is 0.0714. The molecule has 0 aliphatic rings. The quantitative estimate of drug-likeness (QED) is 0.373. The van der Waals surface area contributed by atoms with Crippen LogP contribution < -0.4 is 10.5 Å². The Morgan fingerprint density at radius 1 is 1.25 bits per heavy atom. The molecule has 20 heavy (non-hydrogen) atoms. The van der Waals surface area contributed by atoms with Gasteiger partial charge in [-0.3, -0.25) is 0 Å². The zero-order valence-electron chi connectivity index (χ0n) is 10.6. The molecule has 2 rings (SSSR count). The first-order chi connectivity index (χ1) is 9.51. The maximum atomic E-state index is 8.81. The van der Waals surface area contributed by atoms with Crippen LogP contribution in [0.3, 0.4) is 0 Å². The third kappa shape index (κ3) is 3.23. The van der Waals surface area contributed by atoms with Crippen molar-refractivity contribution in [3.8, 4) is 11.5 Å². The lowest BCUT2D eigenvalue weighted by Gasteiger charge is -2.12. The third-order valence-corrected chi connectivity index (χ3v) is 3.41. The van der Waals surface area contributed by atoms with Gasteiger partial charge in [0.1, 0.15) is 11.5 Å². The van der Waals surface area contributed by atoms with E-state index in [1.54, 1.807) is 18.2 Å². The highest BCUT2D eigenvalue weighted by Gasteiger charge is 2.11. The molecule has 0 aromatic heterocycles. The molecule has 0 bridgehead atoms. The van der Waals surface area contributed by atoms with E-state index >= 15 is 0 Å². The molecule has 6 heteroatoms. The van der Waals surface area contributed by atoms with Gasteiger partial charge in [0.25, 0.3) is 0 Å². The molecule has 0 aliphatic heterocycles. The minimum atomic E-state index is -0.0357. The molecule has 0 unspecified atom stereocenters. The number of ether oxygens (including phenoxy) is 1. The Kier molecular flexibility index (Phi) is 4.52. The van der Waals surface area contributed by atoms with Crippen molar-refractivity contribution in [2.24, 2.45) is 10.9 Å². The third-order valence-electron chi connectivity index (χ3n) is 2.68. The zero-order chi connectivity index (χ0) is 14.7. The normalized spacial score (nSPS) is 11.4. The van der Waals surface area contributed by atoms with Crippen LogP contribution in [0.15, 0.2) is 46.0 Å². The van der Waals surface area contributed by atoms with E-state index in [1.165, 1.54) is 0 Å². The molecule has 0 saturated heterocycles. The Bertz CT molecular complexity index is 674. The van der Waals surface area contributed by atoms with Crippen molar-refractivity contribution in [2.75, 3.05) is 0 Å². The van der Waals surface area contributed by atoms with Crippen molar-refractivity contribution < 1.29 is 9.94 Å². The van der Waals surface area contributed by atoms with Gasteiger partial charge in [-0.2, -0.15) is 0 Å². The number of hydrogen-bond acceptors (Lipinski definition) is 3. The molecule has 0 radical (unpaired) electrons. The fourth-order valence-electron chi connectivity index (χ4n) is 1.69. The summed E-state index contributed by atoms with van der Waals surface area (Å²) in [4.78, 5) is 0. The van der Waals surface area contributed by atoms with Crippen LogP contribution in [-0.2, 0) is 0 Å². The van der Waals surface area contributed by atoms with Crippen LogP contribution >= 0.6 is 27.5 Å². The Morgan fingerprint density at radius 3 is 2.65 bits per heavy atom. The lowest BCUT2D eigenvalue weighted by Crippen LogP contribution is -2.14. The summed E-state index contributed by atoms with van der Waals surface area (Å²) < 4.78 is 6.78. The van der Waals surface area contributed by atoms with Crippen LogP contribution in [0.4, 0.5) is 0 Å². The smallest absolute Gasteiger partial charge is 0.173 e.